The van der Waals surface area contributed by atoms with Crippen LogP contribution in [0.25, 0.3) is 0 Å². The van der Waals surface area contributed by atoms with Crippen LogP contribution in [0.3, 0.4) is 0 Å². The Bertz CT molecular complexity index is 1120. The third-order valence-electron chi connectivity index (χ3n) is 6.85. The fourth-order valence-electron chi connectivity index (χ4n) is 4.77. The van der Waals surface area contributed by atoms with E-state index in [1.165, 1.54) is 24.3 Å². The Morgan fingerprint density at radius 1 is 0.857 bits per heavy atom. The van der Waals surface area contributed by atoms with E-state index in [4.69, 9.17) is 4.74 Å². The van der Waals surface area contributed by atoms with Gasteiger partial charge in [-0.25, -0.2) is 4.79 Å². The van der Waals surface area contributed by atoms with E-state index >= 15 is 0 Å². The summed E-state index contributed by atoms with van der Waals surface area (Å²) in [5.74, 6) is -2.65. The lowest BCUT2D eigenvalue weighted by Gasteiger charge is -2.33. The van der Waals surface area contributed by atoms with Crippen molar-refractivity contribution in [3.63, 3.8) is 0 Å². The molecule has 1 heterocycles. The Kier molecular flexibility index (Phi) is 7.83. The van der Waals surface area contributed by atoms with E-state index in [9.17, 15) is 24.6 Å². The molecule has 1 aliphatic carbocycles. The molecule has 4 rings (SSSR count). The summed E-state index contributed by atoms with van der Waals surface area (Å²) in [5.41, 5.74) is -0.368. The number of ketones is 2. The highest BCUT2D eigenvalue weighted by molar-refractivity contribution is 6.30. The van der Waals surface area contributed by atoms with Crippen LogP contribution in [-0.4, -0.2) is 83.4 Å². The molecule has 0 saturated carbocycles. The molecule has 1 saturated heterocycles. The molecule has 2 aromatic rings. The van der Waals surface area contributed by atoms with Crippen molar-refractivity contribution < 1.29 is 29.3 Å². The molecule has 0 bridgehead atoms. The van der Waals surface area contributed by atoms with Crippen LogP contribution in [0.5, 0.6) is 11.5 Å². The van der Waals surface area contributed by atoms with Crippen LogP contribution in [0.1, 0.15) is 74.8 Å². The van der Waals surface area contributed by atoms with E-state index in [-0.39, 0.29) is 40.2 Å². The molecule has 1 aliphatic heterocycles. The van der Waals surface area contributed by atoms with Crippen LogP contribution in [0, 0.1) is 0 Å². The second-order valence-corrected chi connectivity index (χ2v) is 9.10. The van der Waals surface area contributed by atoms with Crippen LogP contribution in [0.4, 0.5) is 0 Å². The van der Waals surface area contributed by atoms with E-state index < -0.39 is 23.3 Å². The molecular weight excluding hydrogens is 448 g/mol. The van der Waals surface area contributed by atoms with Gasteiger partial charge in [0.2, 0.25) is 5.78 Å². The Morgan fingerprint density at radius 2 is 1.54 bits per heavy atom. The first-order chi connectivity index (χ1) is 16.9. The fraction of sp³-hybridized carbons (Fsp3) is 0.444. The minimum absolute atomic E-state index is 0.0113. The highest BCUT2D eigenvalue weighted by Crippen LogP contribution is 2.37. The molecule has 186 valence electrons. The number of benzene rings is 2. The number of fused-ring (bicyclic) bond motifs is 2. The van der Waals surface area contributed by atoms with Crippen molar-refractivity contribution in [3.8, 4) is 11.5 Å². The highest BCUT2D eigenvalue weighted by atomic mass is 16.5. The summed E-state index contributed by atoms with van der Waals surface area (Å²) in [7, 11) is 0. The number of ether oxygens (including phenoxy) is 1. The monoisotopic (exact) mass is 480 g/mol. The van der Waals surface area contributed by atoms with E-state index in [0.717, 1.165) is 71.0 Å². The first kappa shape index (κ1) is 24.9. The van der Waals surface area contributed by atoms with E-state index in [0.29, 0.717) is 0 Å². The minimum Gasteiger partial charge on any atom is -0.507 e. The zero-order chi connectivity index (χ0) is 24.9. The van der Waals surface area contributed by atoms with Crippen molar-refractivity contribution in [2.75, 3.05) is 45.9 Å². The Balaban J connectivity index is 1.26. The molecule has 8 heteroatoms. The van der Waals surface area contributed by atoms with Crippen LogP contribution < -0.4 is 0 Å². The first-order valence-electron chi connectivity index (χ1n) is 12.3. The van der Waals surface area contributed by atoms with Gasteiger partial charge in [-0.05, 0) is 44.1 Å². The van der Waals surface area contributed by atoms with Gasteiger partial charge in [0.15, 0.2) is 5.78 Å². The smallest absolute Gasteiger partial charge is 0.338 e. The zero-order valence-corrected chi connectivity index (χ0v) is 20.1. The minimum atomic E-state index is -0.655. The summed E-state index contributed by atoms with van der Waals surface area (Å²) in [4.78, 5) is 43.2. The normalized spacial score (nSPS) is 16.1. The molecule has 0 amide bonds. The number of esters is 1. The molecule has 0 aromatic heterocycles. The zero-order valence-electron chi connectivity index (χ0n) is 20.1. The van der Waals surface area contributed by atoms with Crippen molar-refractivity contribution >= 4 is 17.5 Å². The number of rotatable bonds is 9. The summed E-state index contributed by atoms with van der Waals surface area (Å²) >= 11 is 0. The van der Waals surface area contributed by atoms with Gasteiger partial charge >= 0.3 is 5.97 Å². The van der Waals surface area contributed by atoms with Gasteiger partial charge < -0.3 is 24.7 Å². The molecule has 1 fully saturated rings. The molecule has 0 unspecified atom stereocenters. The standard InChI is InChI=1S/C27H32N2O6/c1-2-28-11-13-29(14-12-28)10-5-3-4-6-15-35-27(34)18-16-20-24(22(31)17-18)26(33)23-19(25(20)32)8-7-9-21(23)30/h7-9,16-17,30-31H,2-6,10-15H2,1H3. The van der Waals surface area contributed by atoms with Crippen LogP contribution in [-0.2, 0) is 4.74 Å². The number of carbonyl (C=O) groups is 3. The predicted octanol–water partition coefficient (Wildman–Crippen LogP) is 3.23. The van der Waals surface area contributed by atoms with Gasteiger partial charge in [0, 0.05) is 37.3 Å². The summed E-state index contributed by atoms with van der Waals surface area (Å²) < 4.78 is 5.34. The number of hydrogen-bond acceptors (Lipinski definition) is 8. The lowest BCUT2D eigenvalue weighted by Crippen LogP contribution is -2.46. The quantitative estimate of drug-likeness (QED) is 0.355. The number of unbranched alkanes of at least 4 members (excludes halogenated alkanes) is 3. The molecule has 0 atom stereocenters. The average Bonchev–Trinajstić information content (AvgIpc) is 2.86. The molecule has 2 aromatic carbocycles. The maximum atomic E-state index is 12.9. The second kappa shape index (κ2) is 11.0. The number of phenolic OH excluding ortho intramolecular Hbond substituents is 2. The maximum Gasteiger partial charge on any atom is 0.338 e. The summed E-state index contributed by atoms with van der Waals surface area (Å²) in [6.45, 7) is 9.18. The number of nitrogens with zero attached hydrogens (tertiary/aromatic N) is 2. The lowest BCUT2D eigenvalue weighted by molar-refractivity contribution is 0.0496. The molecule has 2 N–H and O–H groups in total. The average molecular weight is 481 g/mol. The number of hydrogen-bond donors (Lipinski definition) is 2. The largest absolute Gasteiger partial charge is 0.507 e. The maximum absolute atomic E-state index is 12.9. The Hall–Kier alpha value is -3.23. The van der Waals surface area contributed by atoms with E-state index in [1.807, 2.05) is 0 Å². The van der Waals surface area contributed by atoms with Crippen molar-refractivity contribution in [2.45, 2.75) is 32.6 Å². The van der Waals surface area contributed by atoms with Crippen molar-refractivity contribution in [1.82, 2.24) is 9.80 Å². The molecule has 2 aliphatic rings. The summed E-state index contributed by atoms with van der Waals surface area (Å²) in [6.07, 6.45) is 3.86. The van der Waals surface area contributed by atoms with Crippen molar-refractivity contribution in [1.29, 1.82) is 0 Å². The molecule has 8 nitrogen and oxygen atoms in total. The topological polar surface area (TPSA) is 107 Å². The summed E-state index contributed by atoms with van der Waals surface area (Å²) in [5, 5.41) is 20.5. The van der Waals surface area contributed by atoms with E-state index in [1.54, 1.807) is 0 Å². The molecule has 0 radical (unpaired) electrons. The Morgan fingerprint density at radius 3 is 2.29 bits per heavy atom. The van der Waals surface area contributed by atoms with Crippen molar-refractivity contribution in [2.24, 2.45) is 0 Å². The molecule has 35 heavy (non-hydrogen) atoms. The lowest BCUT2D eigenvalue weighted by atomic mass is 9.82. The van der Waals surface area contributed by atoms with Gasteiger partial charge in [0.05, 0.1) is 23.3 Å². The number of carbonyl (C=O) groups excluding carboxylic acids is 3. The van der Waals surface area contributed by atoms with Gasteiger partial charge in [-0.15, -0.1) is 0 Å². The Labute approximate surface area is 205 Å². The van der Waals surface area contributed by atoms with Crippen LogP contribution in [0.2, 0.25) is 0 Å². The number of phenols is 2. The van der Waals surface area contributed by atoms with Gasteiger partial charge in [-0.1, -0.05) is 31.9 Å². The van der Waals surface area contributed by atoms with Crippen LogP contribution >= 0.6 is 0 Å². The third kappa shape index (κ3) is 5.39. The number of piperazine rings is 1. The van der Waals surface area contributed by atoms with E-state index in [2.05, 4.69) is 16.7 Å². The van der Waals surface area contributed by atoms with Gasteiger partial charge in [-0.3, -0.25) is 9.59 Å². The summed E-state index contributed by atoms with van der Waals surface area (Å²) in [6, 6.07) is 6.63. The SMILES string of the molecule is CCN1CCN(CCCCCCOC(=O)c2cc(O)c3c(c2)C(=O)c2cccc(O)c2C3=O)CC1. The third-order valence-corrected chi connectivity index (χ3v) is 6.85. The van der Waals surface area contributed by atoms with Crippen molar-refractivity contribution in [3.05, 3.63) is 58.1 Å². The second-order valence-electron chi connectivity index (χ2n) is 9.10. The van der Waals surface area contributed by atoms with Gasteiger partial charge in [-0.2, -0.15) is 0 Å². The number of aromatic hydroxyl groups is 2. The highest BCUT2D eigenvalue weighted by Gasteiger charge is 2.35. The van der Waals surface area contributed by atoms with Gasteiger partial charge in [0.1, 0.15) is 11.5 Å². The van der Waals surface area contributed by atoms with Gasteiger partial charge in [0.25, 0.3) is 0 Å². The fourth-order valence-corrected chi connectivity index (χ4v) is 4.77. The number of likely N-dealkylation sites (N-methyl/N-ethyl adjacent to an activating group) is 1. The predicted molar refractivity (Wildman–Crippen MR) is 130 cm³/mol. The van der Waals surface area contributed by atoms with Crippen LogP contribution in [0.15, 0.2) is 30.3 Å². The molecular formula is C27H32N2O6. The first-order valence-corrected chi connectivity index (χ1v) is 12.3. The molecule has 0 spiro atoms.